The topological polar surface area (TPSA) is 120 Å². The number of hydrogen-bond donors (Lipinski definition) is 2. The fourth-order valence-corrected chi connectivity index (χ4v) is 3.65. The summed E-state index contributed by atoms with van der Waals surface area (Å²) in [6, 6.07) is 6.23. The van der Waals surface area contributed by atoms with E-state index in [1.165, 1.54) is 37.0 Å². The quantitative estimate of drug-likeness (QED) is 0.308. The molecule has 2 amide bonds. The highest BCUT2D eigenvalue weighted by Crippen LogP contribution is 2.29. The number of aromatic nitrogens is 4. The van der Waals surface area contributed by atoms with Crippen LogP contribution in [-0.4, -0.2) is 44.9 Å². The number of nitrogens with one attached hydrogen (secondary N) is 2. The molecular weight excluding hydrogens is 524 g/mol. The van der Waals surface area contributed by atoms with Crippen LogP contribution in [0.3, 0.4) is 0 Å². The molecule has 14 heteroatoms. The van der Waals surface area contributed by atoms with E-state index in [-0.39, 0.29) is 29.3 Å². The van der Waals surface area contributed by atoms with Gasteiger partial charge in [0.25, 0.3) is 5.91 Å². The summed E-state index contributed by atoms with van der Waals surface area (Å²) < 4.78 is 62.6. The average Bonchev–Trinajstić information content (AvgIpc) is 3.29. The van der Waals surface area contributed by atoms with Gasteiger partial charge in [-0.3, -0.25) is 9.59 Å². The van der Waals surface area contributed by atoms with Crippen molar-refractivity contribution in [3.05, 3.63) is 65.7 Å². The summed E-state index contributed by atoms with van der Waals surface area (Å²) in [5.41, 5.74) is 1.07. The van der Waals surface area contributed by atoms with Crippen molar-refractivity contribution < 1.29 is 36.6 Å². The van der Waals surface area contributed by atoms with E-state index in [1.807, 2.05) is 0 Å². The van der Waals surface area contributed by atoms with Gasteiger partial charge in [0.2, 0.25) is 11.8 Å². The third-order valence-electron chi connectivity index (χ3n) is 5.51. The Morgan fingerprint density at radius 2 is 1.92 bits per heavy atom. The van der Waals surface area contributed by atoms with Gasteiger partial charge in [0, 0.05) is 23.7 Å². The molecule has 0 spiro atoms. The molecule has 3 heterocycles. The van der Waals surface area contributed by atoms with Crippen LogP contribution in [-0.2, 0) is 4.79 Å². The molecule has 1 aromatic carbocycles. The second-order valence-corrected chi connectivity index (χ2v) is 8.26. The summed E-state index contributed by atoms with van der Waals surface area (Å²) >= 11 is 0. The lowest BCUT2D eigenvalue weighted by Gasteiger charge is -2.18. The van der Waals surface area contributed by atoms with E-state index >= 15 is 0 Å². The van der Waals surface area contributed by atoms with Crippen molar-refractivity contribution in [1.82, 2.24) is 24.9 Å². The lowest BCUT2D eigenvalue weighted by molar-refractivity contribution is -0.274. The van der Waals surface area contributed by atoms with Crippen LogP contribution < -0.4 is 20.1 Å². The van der Waals surface area contributed by atoms with E-state index in [9.17, 15) is 27.2 Å². The summed E-state index contributed by atoms with van der Waals surface area (Å²) in [4.78, 5) is 33.2. The van der Waals surface area contributed by atoms with Crippen LogP contribution in [0.25, 0.3) is 16.9 Å². The van der Waals surface area contributed by atoms with Crippen LogP contribution >= 0.6 is 0 Å². The monoisotopic (exact) mass is 546 g/mol. The number of methoxy groups -OCH3 is 1. The number of carbonyl (C=O) groups is 2. The van der Waals surface area contributed by atoms with Gasteiger partial charge in [0.1, 0.15) is 17.1 Å². The van der Waals surface area contributed by atoms with E-state index in [4.69, 9.17) is 4.74 Å². The van der Waals surface area contributed by atoms with Gasteiger partial charge in [-0.05, 0) is 43.3 Å². The first-order chi connectivity index (χ1) is 18.5. The van der Waals surface area contributed by atoms with Gasteiger partial charge in [-0.25, -0.2) is 18.9 Å². The Balaban J connectivity index is 1.60. The van der Waals surface area contributed by atoms with Crippen LogP contribution in [0.5, 0.6) is 11.6 Å². The zero-order valence-electron chi connectivity index (χ0n) is 20.8. The number of imidazole rings is 1. The number of hydrogen-bond acceptors (Lipinski definition) is 7. The van der Waals surface area contributed by atoms with Crippen molar-refractivity contribution in [2.75, 3.05) is 12.4 Å². The maximum Gasteiger partial charge on any atom is 0.573 e. The summed E-state index contributed by atoms with van der Waals surface area (Å²) in [5, 5.41) is 9.64. The second-order valence-electron chi connectivity index (χ2n) is 8.26. The number of nitrogens with zero attached hydrogens (tertiary/aromatic N) is 4. The number of halogens is 4. The number of fused-ring (bicyclic) bond motifs is 1. The average molecular weight is 546 g/mol. The van der Waals surface area contributed by atoms with Gasteiger partial charge in [0.15, 0.2) is 11.5 Å². The van der Waals surface area contributed by atoms with Gasteiger partial charge in [-0.15, -0.1) is 13.2 Å². The number of amides is 2. The van der Waals surface area contributed by atoms with Crippen molar-refractivity contribution in [2.45, 2.75) is 32.7 Å². The number of carbonyl (C=O) groups excluding carboxylic acids is 2. The van der Waals surface area contributed by atoms with Crippen molar-refractivity contribution in [2.24, 2.45) is 0 Å². The third kappa shape index (κ3) is 6.40. The van der Waals surface area contributed by atoms with Gasteiger partial charge in [0.05, 0.1) is 25.0 Å². The Hall–Kier alpha value is -4.75. The Morgan fingerprint density at radius 3 is 2.62 bits per heavy atom. The van der Waals surface area contributed by atoms with Crippen molar-refractivity contribution in [1.29, 1.82) is 0 Å². The highest BCUT2D eigenvalue weighted by Gasteiger charge is 2.31. The summed E-state index contributed by atoms with van der Waals surface area (Å²) in [7, 11) is 1.31. The maximum absolute atomic E-state index is 14.4. The zero-order valence-corrected chi connectivity index (χ0v) is 20.8. The Labute approximate surface area is 219 Å². The van der Waals surface area contributed by atoms with Crippen molar-refractivity contribution >= 4 is 23.3 Å². The van der Waals surface area contributed by atoms with Gasteiger partial charge >= 0.3 is 6.36 Å². The first kappa shape index (κ1) is 27.3. The summed E-state index contributed by atoms with van der Waals surface area (Å²) in [6.07, 6.45) is -1.71. The zero-order chi connectivity index (χ0) is 28.3. The number of ether oxygens (including phenoxy) is 2. The molecule has 4 rings (SSSR count). The smallest absolute Gasteiger partial charge is 0.480 e. The molecule has 0 saturated heterocycles. The van der Waals surface area contributed by atoms with E-state index in [2.05, 4.69) is 30.4 Å². The molecule has 0 radical (unpaired) electrons. The second kappa shape index (κ2) is 10.9. The highest BCUT2D eigenvalue weighted by molar-refractivity contribution is 5.97. The number of benzene rings is 1. The number of anilines is 1. The minimum absolute atomic E-state index is 0.0200. The molecule has 2 N–H and O–H groups in total. The molecule has 1 atom stereocenters. The first-order valence-electron chi connectivity index (χ1n) is 11.5. The van der Waals surface area contributed by atoms with Crippen molar-refractivity contribution in [3.63, 3.8) is 0 Å². The van der Waals surface area contributed by atoms with Crippen LogP contribution in [0, 0.1) is 5.82 Å². The predicted molar refractivity (Wildman–Crippen MR) is 131 cm³/mol. The molecular formula is C25H22F4N6O4. The molecule has 0 fully saturated rings. The molecule has 0 bridgehead atoms. The first-order valence-corrected chi connectivity index (χ1v) is 11.5. The largest absolute Gasteiger partial charge is 0.573 e. The Bertz CT molecular complexity index is 1540. The SMILES string of the molecule is CCC(=O)Nc1cn2nc(-c3cnc(OC)c(C(=O)NC(C)c4cc(OC(F)(F)F)ccc4F)c3)ccc2n1. The van der Waals surface area contributed by atoms with Crippen LogP contribution in [0.2, 0.25) is 0 Å². The molecule has 0 aliphatic rings. The van der Waals surface area contributed by atoms with Crippen LogP contribution in [0.1, 0.15) is 42.2 Å². The normalized spacial score (nSPS) is 12.2. The van der Waals surface area contributed by atoms with Crippen molar-refractivity contribution in [3.8, 4) is 22.9 Å². The van der Waals surface area contributed by atoms with Crippen LogP contribution in [0.15, 0.2) is 48.8 Å². The van der Waals surface area contributed by atoms with E-state index in [0.29, 0.717) is 22.7 Å². The lowest BCUT2D eigenvalue weighted by Crippen LogP contribution is -2.28. The molecule has 1 unspecified atom stereocenters. The van der Waals surface area contributed by atoms with Crippen LogP contribution in [0.4, 0.5) is 23.4 Å². The molecule has 0 saturated carbocycles. The molecule has 39 heavy (non-hydrogen) atoms. The summed E-state index contributed by atoms with van der Waals surface area (Å²) in [6.45, 7) is 3.11. The molecule has 0 aliphatic heterocycles. The molecule has 4 aromatic rings. The fourth-order valence-electron chi connectivity index (χ4n) is 3.65. The minimum Gasteiger partial charge on any atom is -0.480 e. The Kier molecular flexibility index (Phi) is 7.65. The predicted octanol–water partition coefficient (Wildman–Crippen LogP) is 4.68. The highest BCUT2D eigenvalue weighted by atomic mass is 19.4. The molecule has 3 aromatic heterocycles. The van der Waals surface area contributed by atoms with E-state index < -0.39 is 29.9 Å². The Morgan fingerprint density at radius 1 is 1.15 bits per heavy atom. The molecule has 10 nitrogen and oxygen atoms in total. The number of alkyl halides is 3. The number of rotatable bonds is 8. The van der Waals surface area contributed by atoms with Gasteiger partial charge in [-0.1, -0.05) is 6.92 Å². The molecule has 0 aliphatic carbocycles. The fraction of sp³-hybridized carbons (Fsp3) is 0.240. The minimum atomic E-state index is -4.96. The van der Waals surface area contributed by atoms with Gasteiger partial charge in [-0.2, -0.15) is 5.10 Å². The molecule has 204 valence electrons. The maximum atomic E-state index is 14.4. The summed E-state index contributed by atoms with van der Waals surface area (Å²) in [5.74, 6) is -2.09. The standard InChI is InChI=1S/C25H22F4N6O4/c1-4-22(36)33-20-12-35-21(32-20)8-7-19(34-35)14-9-17(24(38-3)30-11-14)23(37)31-13(2)16-10-15(5-6-18(16)26)39-25(27,28)29/h5-13H,4H2,1-3H3,(H,31,37)(H,33,36). The van der Waals surface area contributed by atoms with Gasteiger partial charge < -0.3 is 20.1 Å². The lowest BCUT2D eigenvalue weighted by atomic mass is 10.1. The van der Waals surface area contributed by atoms with E-state index in [1.54, 1.807) is 19.1 Å². The van der Waals surface area contributed by atoms with E-state index in [0.717, 1.165) is 18.2 Å². The third-order valence-corrected chi connectivity index (χ3v) is 5.51. The number of pyridine rings is 1.